The van der Waals surface area contributed by atoms with E-state index in [-0.39, 0.29) is 63.7 Å². The highest BCUT2D eigenvalue weighted by molar-refractivity contribution is 8.55. The van der Waals surface area contributed by atoms with Crippen LogP contribution in [0.1, 0.15) is 40.9 Å². The average molecular weight is 1250 g/mol. The predicted molar refractivity (Wildman–Crippen MR) is 314 cm³/mol. The topological polar surface area (TPSA) is 384 Å². The molecule has 33 heteroatoms. The van der Waals surface area contributed by atoms with Crippen molar-refractivity contribution in [3.05, 3.63) is 143 Å². The Kier molecular flexibility index (Phi) is 15.4. The van der Waals surface area contributed by atoms with Gasteiger partial charge in [0.05, 0.1) is 68.0 Å². The van der Waals surface area contributed by atoms with E-state index in [1.807, 2.05) is 48.5 Å². The monoisotopic (exact) mass is 1250 g/mol. The Morgan fingerprint density at radius 3 is 2.22 bits per heavy atom. The summed E-state index contributed by atoms with van der Waals surface area (Å²) in [5.74, 6) is -0.0971. The summed E-state index contributed by atoms with van der Waals surface area (Å²) in [6.07, 6.45) is -4.13. The van der Waals surface area contributed by atoms with Crippen molar-refractivity contribution in [2.24, 2.45) is 0 Å². The van der Waals surface area contributed by atoms with Crippen LogP contribution < -0.4 is 41.6 Å². The van der Waals surface area contributed by atoms with Crippen LogP contribution in [0, 0.1) is 0 Å². The number of nitrogens with two attached hydrogens (primary N) is 2. The van der Waals surface area contributed by atoms with Gasteiger partial charge in [0, 0.05) is 23.8 Å². The molecule has 4 aliphatic heterocycles. The molecular formula is C53H52N16O13P2S2. The van der Waals surface area contributed by atoms with Crippen LogP contribution in [-0.4, -0.2) is 137 Å². The van der Waals surface area contributed by atoms with E-state index in [9.17, 15) is 29.5 Å². The molecule has 4 aliphatic rings. The van der Waals surface area contributed by atoms with E-state index >= 15 is 4.57 Å². The number of rotatable bonds is 11. The predicted octanol–water partition coefficient (Wildman–Crippen LogP) is 3.95. The molecule has 0 bridgehead atoms. The highest BCUT2D eigenvalue weighted by Crippen LogP contribution is 2.60. The van der Waals surface area contributed by atoms with Gasteiger partial charge in [0.15, 0.2) is 35.1 Å². The molecule has 10 N–H and O–H groups in total. The molecule has 13 rings (SSSR count). The van der Waals surface area contributed by atoms with Gasteiger partial charge in [0.2, 0.25) is 11.9 Å². The lowest BCUT2D eigenvalue weighted by Crippen LogP contribution is -2.47. The van der Waals surface area contributed by atoms with E-state index in [0.717, 1.165) is 39.5 Å². The van der Waals surface area contributed by atoms with Crippen LogP contribution in [0.25, 0.3) is 44.8 Å². The number of hydrogen-bond donors (Lipinski definition) is 8. The molecule has 0 aliphatic carbocycles. The van der Waals surface area contributed by atoms with Crippen LogP contribution in [0.5, 0.6) is 11.5 Å². The Bertz CT molecular complexity index is 4250. The molecule has 4 aromatic carbocycles. The number of aromatic nitrogens is 11. The summed E-state index contributed by atoms with van der Waals surface area (Å²) in [5.41, 5.74) is 17.4. The van der Waals surface area contributed by atoms with Crippen LogP contribution in [0.4, 0.5) is 17.5 Å². The average Bonchev–Trinajstić information content (AvgIpc) is 3.17. The Hall–Kier alpha value is -7.87. The number of para-hydroxylation sites is 1. The van der Waals surface area contributed by atoms with Gasteiger partial charge in [0.25, 0.3) is 12.2 Å². The van der Waals surface area contributed by atoms with E-state index in [1.54, 1.807) is 65.0 Å². The van der Waals surface area contributed by atoms with E-state index in [1.165, 1.54) is 28.1 Å². The van der Waals surface area contributed by atoms with Gasteiger partial charge >= 0.3 is 12.7 Å². The van der Waals surface area contributed by atoms with E-state index in [4.69, 9.17) is 51.3 Å². The molecule has 0 spiro atoms. The molecule has 5 aromatic heterocycles. The van der Waals surface area contributed by atoms with Gasteiger partial charge in [-0.15, -0.1) is 5.10 Å². The van der Waals surface area contributed by atoms with Crippen LogP contribution in [0.2, 0.25) is 0 Å². The smallest absolute Gasteiger partial charge is 0.343 e. The number of hydrogen-bond acceptors (Lipinski definition) is 23. The lowest BCUT2D eigenvalue weighted by atomic mass is 9.95. The van der Waals surface area contributed by atoms with Crippen molar-refractivity contribution in [3.8, 4) is 34.0 Å². The number of fused-ring (bicyclic) bond motifs is 9. The van der Waals surface area contributed by atoms with Crippen molar-refractivity contribution >= 4 is 88.2 Å². The fourth-order valence-electron chi connectivity index (χ4n) is 10.8. The summed E-state index contributed by atoms with van der Waals surface area (Å²) < 4.78 is 56.7. The number of carbonyl (C=O) groups excluding carboxylic acids is 2. The quantitative estimate of drug-likeness (QED) is 0.0516. The second kappa shape index (κ2) is 23.1. The molecule has 9 heterocycles. The zero-order valence-electron chi connectivity index (χ0n) is 45.0. The molecular weight excluding hydrogens is 1190 g/mol. The van der Waals surface area contributed by atoms with Crippen molar-refractivity contribution in [1.29, 1.82) is 0 Å². The van der Waals surface area contributed by atoms with E-state index in [0.29, 0.717) is 30.1 Å². The Morgan fingerprint density at radius 2 is 1.48 bits per heavy atom. The number of carbonyl (C=O) groups is 2. The van der Waals surface area contributed by atoms with E-state index in [2.05, 4.69) is 50.4 Å². The number of esters is 1. The highest BCUT2D eigenvalue weighted by atomic mass is 32.7. The fourth-order valence-corrected chi connectivity index (χ4v) is 16.2. The van der Waals surface area contributed by atoms with Crippen molar-refractivity contribution in [2.75, 3.05) is 36.2 Å². The summed E-state index contributed by atoms with van der Waals surface area (Å²) >= 11 is 6.40. The molecule has 3 saturated heterocycles. The first-order valence-corrected chi connectivity index (χ1v) is 32.5. The van der Waals surface area contributed by atoms with Crippen LogP contribution in [-0.2, 0) is 58.5 Å². The third-order valence-corrected chi connectivity index (χ3v) is 20.6. The maximum atomic E-state index is 15.4. The number of aliphatic hydroxyl groups is 2. The molecule has 0 saturated carbocycles. The SMILES string of the molecule is CC(=O)N1Cc2ccccc2-c2c(nnn2CCOc2ccc(C(=O)Oc3ccc(CS[P@@]4(=O)N[C@@H]5[C@@H](O)[C@H](n6cnc7c(N)ncnc76)O[C@@H]5COP(O)(=S)N[C@H]5[C@@H](O)[C@H](n6cnc7c(=O)[nH]c(N)nc76)O[C@@H]5CO4)cc3)cc2)-c2ccccc21. The molecule has 3 fully saturated rings. The molecule has 29 nitrogen and oxygen atoms in total. The van der Waals surface area contributed by atoms with Gasteiger partial charge in [-0.05, 0) is 76.8 Å². The zero-order chi connectivity index (χ0) is 59.6. The normalized spacial score (nSPS) is 25.6. The molecule has 444 valence electrons. The van der Waals surface area contributed by atoms with Gasteiger partial charge in [0.1, 0.15) is 60.1 Å². The van der Waals surface area contributed by atoms with Crippen molar-refractivity contribution < 1.29 is 57.3 Å². The van der Waals surface area contributed by atoms with Gasteiger partial charge < -0.3 is 59.5 Å². The molecule has 0 radical (unpaired) electrons. The maximum Gasteiger partial charge on any atom is 0.343 e. The maximum absolute atomic E-state index is 15.4. The Morgan fingerprint density at radius 1 is 0.814 bits per heavy atom. The first-order valence-electron chi connectivity index (χ1n) is 26.7. The second-order valence-corrected chi connectivity index (χ2v) is 27.7. The summed E-state index contributed by atoms with van der Waals surface area (Å²) in [7, 11) is 0. The second-order valence-electron chi connectivity index (χ2n) is 20.4. The van der Waals surface area contributed by atoms with Crippen LogP contribution in [0.3, 0.4) is 0 Å². The largest absolute Gasteiger partial charge is 0.492 e. The number of nitrogens with zero attached hydrogens (tertiary/aromatic N) is 11. The molecule has 10 atom stereocenters. The van der Waals surface area contributed by atoms with Crippen molar-refractivity contribution in [3.63, 3.8) is 0 Å². The summed E-state index contributed by atoms with van der Waals surface area (Å²) in [4.78, 5) is 75.6. The van der Waals surface area contributed by atoms with Crippen LogP contribution in [0.15, 0.2) is 121 Å². The zero-order valence-corrected chi connectivity index (χ0v) is 48.5. The number of benzene rings is 4. The molecule has 9 aromatic rings. The summed E-state index contributed by atoms with van der Waals surface area (Å²) in [5, 5.41) is 38.8. The van der Waals surface area contributed by atoms with Crippen LogP contribution >= 0.6 is 24.7 Å². The number of nitrogens with one attached hydrogen (secondary N) is 3. The third-order valence-electron chi connectivity index (χ3n) is 14.9. The van der Waals surface area contributed by atoms with Gasteiger partial charge in [-0.1, -0.05) is 59.8 Å². The Balaban J connectivity index is 0.691. The first-order chi connectivity index (χ1) is 41.5. The number of imidazole rings is 2. The number of aliphatic hydroxyl groups excluding tert-OH is 2. The van der Waals surface area contributed by atoms with Gasteiger partial charge in [-0.25, -0.2) is 39.6 Å². The Labute approximate surface area is 495 Å². The fraction of sp³-hybridized carbons (Fsp3) is 0.283. The molecule has 86 heavy (non-hydrogen) atoms. The standard InChI is InChI=1S/C53H52N16O13P2S2/c1-27(70)66-20-30-6-2-3-7-33(30)43-38(34-8-4-5-9-35(34)66)62-65-69(43)18-19-77-31-16-12-29(13-17-31)52(74)80-32-14-10-28(11-15-32)23-86-84(76)64-40-36(81-50(45(40)72)67-25-58-41-46(54)56-24-57-47(41)67)21-78-83(75,85)63-39-37(22-79-84)82-51(44(39)71)68-26-59-42-48(68)60-53(55)61-49(42)73/h2-17,24-26,36-37,39-40,44-45,50-51,71-72H,18-23H2,1H3,(H,64,76)(H2,54,56,57)(H2,63,75,85)(H3,55,60,61,73)/t36-,37-,39-,40+,44-,45-,50-,51-,83?,84-/m1/s1. The number of aromatic amines is 1. The number of amides is 1. The summed E-state index contributed by atoms with van der Waals surface area (Å²) in [6.45, 7) is -6.79. The highest BCUT2D eigenvalue weighted by Gasteiger charge is 2.52. The van der Waals surface area contributed by atoms with Crippen molar-refractivity contribution in [2.45, 2.75) is 74.7 Å². The minimum Gasteiger partial charge on any atom is -0.492 e. The number of ether oxygens (including phenoxy) is 4. The lowest BCUT2D eigenvalue weighted by Gasteiger charge is -2.32. The number of nitrogen functional groups attached to an aromatic ring is 2. The minimum absolute atomic E-state index is 0.0164. The summed E-state index contributed by atoms with van der Waals surface area (Å²) in [6, 6.07) is 26.1. The molecule has 1 amide bonds. The number of H-pyrrole nitrogens is 1. The minimum atomic E-state index is -4.24. The molecule has 1 unspecified atom stereocenters. The third kappa shape index (κ3) is 11.1. The lowest BCUT2D eigenvalue weighted by molar-refractivity contribution is -0.116. The first kappa shape index (κ1) is 57.2. The van der Waals surface area contributed by atoms with E-state index < -0.39 is 87.1 Å². The van der Waals surface area contributed by atoms with Gasteiger partial charge in [-0.2, -0.15) is 4.98 Å². The van der Waals surface area contributed by atoms with Crippen molar-refractivity contribution in [1.82, 2.24) is 64.2 Å². The number of anilines is 3. The van der Waals surface area contributed by atoms with Gasteiger partial charge in [-0.3, -0.25) is 28.3 Å².